The van der Waals surface area contributed by atoms with Crippen LogP contribution in [0.2, 0.25) is 0 Å². The molecule has 166 valence electrons. The molecule has 2 aromatic rings. The van der Waals surface area contributed by atoms with Crippen molar-refractivity contribution in [1.29, 1.82) is 0 Å². The number of aromatic nitrogens is 2. The largest absolute Gasteiger partial charge is 0.477 e. The van der Waals surface area contributed by atoms with Gasteiger partial charge in [0, 0.05) is 30.8 Å². The van der Waals surface area contributed by atoms with Crippen LogP contribution in [-0.2, 0) is 9.59 Å². The van der Waals surface area contributed by atoms with Gasteiger partial charge in [0.25, 0.3) is 0 Å². The first kappa shape index (κ1) is 22.5. The Balaban J connectivity index is 1.95. The molecule has 1 fully saturated rings. The van der Waals surface area contributed by atoms with Gasteiger partial charge in [0.1, 0.15) is 5.56 Å². The van der Waals surface area contributed by atoms with Crippen molar-refractivity contribution in [3.05, 3.63) is 36.0 Å². The van der Waals surface area contributed by atoms with Crippen LogP contribution in [0.3, 0.4) is 0 Å². The SMILES string of the molecule is CC(=O)Nc1ccc(-n2cc(C(=O)O)c(N(C(=O)C3CCC(C)CC3)C(C)C)n2)cc1. The van der Waals surface area contributed by atoms with E-state index in [0.717, 1.165) is 25.7 Å². The Morgan fingerprint density at radius 3 is 2.26 bits per heavy atom. The van der Waals surface area contributed by atoms with Crippen LogP contribution >= 0.6 is 0 Å². The van der Waals surface area contributed by atoms with Crippen LogP contribution in [0, 0.1) is 11.8 Å². The number of carbonyl (C=O) groups excluding carboxylic acids is 2. The monoisotopic (exact) mass is 426 g/mol. The van der Waals surface area contributed by atoms with Gasteiger partial charge in [0.05, 0.1) is 5.69 Å². The Hall–Kier alpha value is -3.16. The zero-order valence-electron chi connectivity index (χ0n) is 18.5. The Labute approximate surface area is 182 Å². The summed E-state index contributed by atoms with van der Waals surface area (Å²) in [4.78, 5) is 38.1. The second-order valence-corrected chi connectivity index (χ2v) is 8.60. The van der Waals surface area contributed by atoms with E-state index in [1.54, 1.807) is 24.3 Å². The van der Waals surface area contributed by atoms with Gasteiger partial charge in [-0.25, -0.2) is 9.48 Å². The van der Waals surface area contributed by atoms with Gasteiger partial charge in [-0.1, -0.05) is 6.92 Å². The minimum atomic E-state index is -1.13. The molecule has 0 saturated heterocycles. The normalized spacial score (nSPS) is 18.6. The molecule has 1 saturated carbocycles. The number of benzene rings is 1. The number of amides is 2. The topological polar surface area (TPSA) is 105 Å². The molecule has 8 heteroatoms. The number of carboxylic acid groups (broad SMARTS) is 1. The molecule has 8 nitrogen and oxygen atoms in total. The van der Waals surface area contributed by atoms with Gasteiger partial charge in [0.15, 0.2) is 5.82 Å². The molecule has 0 unspecified atom stereocenters. The van der Waals surface area contributed by atoms with E-state index in [0.29, 0.717) is 17.3 Å². The van der Waals surface area contributed by atoms with Gasteiger partial charge in [-0.3, -0.25) is 14.5 Å². The predicted octanol–water partition coefficient (Wildman–Crippen LogP) is 4.10. The molecule has 1 aromatic heterocycles. The van der Waals surface area contributed by atoms with Crippen molar-refractivity contribution in [2.75, 3.05) is 10.2 Å². The van der Waals surface area contributed by atoms with E-state index >= 15 is 0 Å². The fourth-order valence-electron chi connectivity index (χ4n) is 4.03. The second kappa shape index (κ2) is 9.32. The average molecular weight is 427 g/mol. The van der Waals surface area contributed by atoms with Crippen molar-refractivity contribution in [2.24, 2.45) is 11.8 Å². The highest BCUT2D eigenvalue weighted by molar-refractivity contribution is 6.01. The number of aromatic carboxylic acids is 1. The molecule has 0 aliphatic heterocycles. The molecule has 0 atom stereocenters. The molecule has 0 radical (unpaired) electrons. The van der Waals surface area contributed by atoms with E-state index in [9.17, 15) is 19.5 Å². The zero-order chi connectivity index (χ0) is 22.7. The lowest BCUT2D eigenvalue weighted by molar-refractivity contribution is -0.124. The van der Waals surface area contributed by atoms with Gasteiger partial charge in [-0.05, 0) is 69.7 Å². The summed E-state index contributed by atoms with van der Waals surface area (Å²) in [6.07, 6.45) is 5.07. The van der Waals surface area contributed by atoms with Crippen molar-refractivity contribution in [1.82, 2.24) is 9.78 Å². The Kier molecular flexibility index (Phi) is 6.77. The van der Waals surface area contributed by atoms with Gasteiger partial charge >= 0.3 is 5.97 Å². The number of hydrogen-bond acceptors (Lipinski definition) is 4. The number of hydrogen-bond donors (Lipinski definition) is 2. The summed E-state index contributed by atoms with van der Waals surface area (Å²) >= 11 is 0. The van der Waals surface area contributed by atoms with Crippen LogP contribution in [0.1, 0.15) is 63.7 Å². The number of nitrogens with one attached hydrogen (secondary N) is 1. The van der Waals surface area contributed by atoms with E-state index in [4.69, 9.17) is 0 Å². The standard InChI is InChI=1S/C23H30N4O4/c1-14(2)27(22(29)17-7-5-15(3)6-8-17)21-20(23(30)31)13-26(25-21)19-11-9-18(10-12-19)24-16(4)28/h9-15,17H,5-8H2,1-4H3,(H,24,28)(H,30,31). The van der Waals surface area contributed by atoms with Crippen LogP contribution in [0.5, 0.6) is 0 Å². The highest BCUT2D eigenvalue weighted by Gasteiger charge is 2.34. The van der Waals surface area contributed by atoms with Gasteiger partial charge in [-0.15, -0.1) is 5.10 Å². The second-order valence-electron chi connectivity index (χ2n) is 8.60. The molecule has 1 aliphatic carbocycles. The molecular weight excluding hydrogens is 396 g/mol. The van der Waals surface area contributed by atoms with Gasteiger partial charge in [0.2, 0.25) is 11.8 Å². The third-order valence-electron chi connectivity index (χ3n) is 5.72. The summed E-state index contributed by atoms with van der Waals surface area (Å²) in [7, 11) is 0. The molecule has 31 heavy (non-hydrogen) atoms. The van der Waals surface area contributed by atoms with E-state index in [-0.39, 0.29) is 35.2 Å². The molecule has 0 spiro atoms. The first-order valence-corrected chi connectivity index (χ1v) is 10.7. The van der Waals surface area contributed by atoms with Crippen molar-refractivity contribution < 1.29 is 19.5 Å². The minimum absolute atomic E-state index is 0.0165. The molecule has 3 rings (SSSR count). The van der Waals surface area contributed by atoms with Crippen LogP contribution in [0.15, 0.2) is 30.5 Å². The molecule has 0 bridgehead atoms. The third-order valence-corrected chi connectivity index (χ3v) is 5.72. The van der Waals surface area contributed by atoms with E-state index in [2.05, 4.69) is 17.3 Å². The number of rotatable bonds is 6. The smallest absolute Gasteiger partial charge is 0.341 e. The lowest BCUT2D eigenvalue weighted by Gasteiger charge is -2.32. The quantitative estimate of drug-likeness (QED) is 0.724. The number of carbonyl (C=O) groups is 3. The molecular formula is C23H30N4O4. The van der Waals surface area contributed by atoms with Crippen LogP contribution in [0.4, 0.5) is 11.5 Å². The van der Waals surface area contributed by atoms with Crippen molar-refractivity contribution >= 4 is 29.3 Å². The summed E-state index contributed by atoms with van der Waals surface area (Å²) in [6, 6.07) is 6.67. The highest BCUT2D eigenvalue weighted by Crippen LogP contribution is 2.32. The molecule has 2 amide bonds. The molecule has 1 heterocycles. The predicted molar refractivity (Wildman–Crippen MR) is 119 cm³/mol. The van der Waals surface area contributed by atoms with Crippen LogP contribution in [0.25, 0.3) is 5.69 Å². The number of nitrogens with zero attached hydrogens (tertiary/aromatic N) is 3. The van der Waals surface area contributed by atoms with Crippen LogP contribution < -0.4 is 10.2 Å². The summed E-state index contributed by atoms with van der Waals surface area (Å²) in [6.45, 7) is 7.37. The maximum absolute atomic E-state index is 13.4. The van der Waals surface area contributed by atoms with E-state index in [1.807, 2.05) is 13.8 Å². The maximum Gasteiger partial charge on any atom is 0.341 e. The molecule has 2 N–H and O–H groups in total. The van der Waals surface area contributed by atoms with E-state index in [1.165, 1.54) is 22.7 Å². The summed E-state index contributed by atoms with van der Waals surface area (Å²) in [5.74, 6) is -0.696. The van der Waals surface area contributed by atoms with Gasteiger partial charge < -0.3 is 10.4 Å². The Morgan fingerprint density at radius 2 is 1.74 bits per heavy atom. The summed E-state index contributed by atoms with van der Waals surface area (Å²) in [5.41, 5.74) is 1.25. The third kappa shape index (κ3) is 5.13. The van der Waals surface area contributed by atoms with E-state index < -0.39 is 5.97 Å². The Bertz CT molecular complexity index is 956. The van der Waals surface area contributed by atoms with Gasteiger partial charge in [-0.2, -0.15) is 0 Å². The fraction of sp³-hybridized carbons (Fsp3) is 0.478. The average Bonchev–Trinajstić information content (AvgIpc) is 3.13. The zero-order valence-corrected chi connectivity index (χ0v) is 18.5. The summed E-state index contributed by atoms with van der Waals surface area (Å²) in [5, 5.41) is 17.0. The van der Waals surface area contributed by atoms with Crippen molar-refractivity contribution in [2.45, 2.75) is 59.4 Å². The number of anilines is 2. The first-order chi connectivity index (χ1) is 14.7. The molecule has 1 aliphatic rings. The lowest BCUT2D eigenvalue weighted by Crippen LogP contribution is -2.43. The highest BCUT2D eigenvalue weighted by atomic mass is 16.4. The summed E-state index contributed by atoms with van der Waals surface area (Å²) < 4.78 is 1.46. The lowest BCUT2D eigenvalue weighted by atomic mass is 9.82. The molecule has 1 aromatic carbocycles. The number of carboxylic acids is 1. The first-order valence-electron chi connectivity index (χ1n) is 10.7. The minimum Gasteiger partial charge on any atom is -0.477 e. The maximum atomic E-state index is 13.4. The van der Waals surface area contributed by atoms with Crippen molar-refractivity contribution in [3.8, 4) is 5.69 Å². The van der Waals surface area contributed by atoms with Crippen molar-refractivity contribution in [3.63, 3.8) is 0 Å². The Morgan fingerprint density at radius 1 is 1.13 bits per heavy atom. The van der Waals surface area contributed by atoms with Crippen LogP contribution in [-0.4, -0.2) is 38.7 Å². The fourth-order valence-corrected chi connectivity index (χ4v) is 4.03.